The average Bonchev–Trinajstić information content (AvgIpc) is 3.16. The van der Waals surface area contributed by atoms with E-state index in [1.165, 1.54) is 16.6 Å². The topological polar surface area (TPSA) is 88.9 Å². The number of aromatic nitrogens is 3. The van der Waals surface area contributed by atoms with Crippen LogP contribution in [0.3, 0.4) is 0 Å². The molecule has 2 aromatic rings. The molecule has 1 aliphatic rings. The first-order valence-corrected chi connectivity index (χ1v) is 11.1. The first-order valence-electron chi connectivity index (χ1n) is 9.19. The molecule has 2 N–H and O–H groups in total. The number of amides is 3. The Kier molecular flexibility index (Phi) is 6.89. The lowest BCUT2D eigenvalue weighted by Gasteiger charge is -2.09. The van der Waals surface area contributed by atoms with E-state index in [9.17, 15) is 9.59 Å². The van der Waals surface area contributed by atoms with Gasteiger partial charge in [-0.15, -0.1) is 21.5 Å². The lowest BCUT2D eigenvalue weighted by Crippen LogP contribution is -2.40. The molecule has 7 nitrogen and oxygen atoms in total. The molecule has 0 atom stereocenters. The minimum Gasteiger partial charge on any atom is -0.338 e. The minimum absolute atomic E-state index is 0.140. The fourth-order valence-corrected chi connectivity index (χ4v) is 4.13. The number of rotatable bonds is 9. The number of thiophene rings is 1. The van der Waals surface area contributed by atoms with Crippen molar-refractivity contribution in [1.82, 2.24) is 25.4 Å². The maximum atomic E-state index is 12.0. The van der Waals surface area contributed by atoms with E-state index in [0.717, 1.165) is 36.7 Å². The molecule has 0 aliphatic heterocycles. The Bertz CT molecular complexity index is 769. The van der Waals surface area contributed by atoms with Crippen LogP contribution in [0.4, 0.5) is 4.79 Å². The summed E-state index contributed by atoms with van der Waals surface area (Å²) in [5.74, 6) is 1.26. The highest BCUT2D eigenvalue weighted by molar-refractivity contribution is 7.99. The number of carbonyl (C=O) groups excluding carboxylic acids is 2. The first kappa shape index (κ1) is 19.9. The second kappa shape index (κ2) is 9.36. The molecule has 3 amide bonds. The van der Waals surface area contributed by atoms with Crippen LogP contribution < -0.4 is 10.6 Å². The zero-order chi connectivity index (χ0) is 19.2. The van der Waals surface area contributed by atoms with Gasteiger partial charge >= 0.3 is 6.03 Å². The van der Waals surface area contributed by atoms with E-state index >= 15 is 0 Å². The number of urea groups is 1. The molecule has 146 valence electrons. The van der Waals surface area contributed by atoms with E-state index in [2.05, 4.69) is 50.7 Å². The maximum absolute atomic E-state index is 12.0. The molecule has 0 saturated heterocycles. The molecule has 1 fully saturated rings. The van der Waals surface area contributed by atoms with E-state index in [1.54, 1.807) is 11.3 Å². The molecular weight excluding hydrogens is 382 g/mol. The lowest BCUT2D eigenvalue weighted by atomic mass is 10.1. The van der Waals surface area contributed by atoms with E-state index in [1.807, 2.05) is 6.07 Å². The van der Waals surface area contributed by atoms with Gasteiger partial charge in [0.05, 0.1) is 5.75 Å². The van der Waals surface area contributed by atoms with Crippen LogP contribution in [-0.4, -0.2) is 39.0 Å². The second-order valence-electron chi connectivity index (χ2n) is 7.03. The van der Waals surface area contributed by atoms with Gasteiger partial charge < -0.3 is 9.88 Å². The molecule has 3 rings (SSSR count). The fourth-order valence-electron chi connectivity index (χ4n) is 2.61. The summed E-state index contributed by atoms with van der Waals surface area (Å²) in [6, 6.07) is 4.11. The van der Waals surface area contributed by atoms with Gasteiger partial charge in [0, 0.05) is 23.9 Å². The molecule has 1 aliphatic carbocycles. The quantitative estimate of drug-likeness (QED) is 0.623. The van der Waals surface area contributed by atoms with Crippen LogP contribution in [0.2, 0.25) is 0 Å². The third kappa shape index (κ3) is 6.07. The Balaban J connectivity index is 1.51. The Morgan fingerprint density at radius 3 is 2.85 bits per heavy atom. The van der Waals surface area contributed by atoms with E-state index in [4.69, 9.17) is 0 Å². The van der Waals surface area contributed by atoms with Crippen LogP contribution in [-0.2, 0) is 11.2 Å². The number of thioether (sulfide) groups is 1. The number of nitrogens with zero attached hydrogens (tertiary/aromatic N) is 3. The Morgan fingerprint density at radius 1 is 1.37 bits per heavy atom. The zero-order valence-electron chi connectivity index (χ0n) is 15.6. The van der Waals surface area contributed by atoms with Crippen molar-refractivity contribution in [2.24, 2.45) is 5.92 Å². The van der Waals surface area contributed by atoms with Gasteiger partial charge in [0.15, 0.2) is 5.16 Å². The van der Waals surface area contributed by atoms with Gasteiger partial charge in [-0.05, 0) is 36.6 Å². The summed E-state index contributed by atoms with van der Waals surface area (Å²) >= 11 is 3.03. The molecule has 9 heteroatoms. The van der Waals surface area contributed by atoms with Gasteiger partial charge in [-0.1, -0.05) is 31.7 Å². The standard InChI is InChI=1S/C18H25N5O2S2/c1-12(2)7-8-19-17(25)20-16(24)11-27-18-22-21-15(23(18)13-5-6-13)10-14-4-3-9-26-14/h3-4,9,12-13H,5-8,10-11H2,1-2H3,(H2,19,20,24,25). The van der Waals surface area contributed by atoms with Crippen molar-refractivity contribution in [3.8, 4) is 0 Å². The molecule has 0 unspecified atom stereocenters. The average molecular weight is 408 g/mol. The Hall–Kier alpha value is -1.87. The third-order valence-corrected chi connectivity index (χ3v) is 5.97. The van der Waals surface area contributed by atoms with Crippen molar-refractivity contribution in [2.75, 3.05) is 12.3 Å². The highest BCUT2D eigenvalue weighted by atomic mass is 32.2. The summed E-state index contributed by atoms with van der Waals surface area (Å²) in [4.78, 5) is 25.0. The molecule has 2 heterocycles. The monoisotopic (exact) mass is 407 g/mol. The van der Waals surface area contributed by atoms with E-state index in [-0.39, 0.29) is 11.7 Å². The van der Waals surface area contributed by atoms with E-state index in [0.29, 0.717) is 18.5 Å². The van der Waals surface area contributed by atoms with Gasteiger partial charge in [0.1, 0.15) is 5.82 Å². The maximum Gasteiger partial charge on any atom is 0.321 e. The van der Waals surface area contributed by atoms with Crippen LogP contribution in [0, 0.1) is 5.92 Å². The van der Waals surface area contributed by atoms with Crippen molar-refractivity contribution in [3.05, 3.63) is 28.2 Å². The molecule has 27 heavy (non-hydrogen) atoms. The van der Waals surface area contributed by atoms with Crippen molar-refractivity contribution >= 4 is 35.0 Å². The summed E-state index contributed by atoms with van der Waals surface area (Å²) in [7, 11) is 0. The van der Waals surface area contributed by atoms with Gasteiger partial charge in [0.25, 0.3) is 0 Å². The van der Waals surface area contributed by atoms with Gasteiger partial charge in [-0.25, -0.2) is 4.79 Å². The fraction of sp³-hybridized carbons (Fsp3) is 0.556. The summed E-state index contributed by atoms with van der Waals surface area (Å²) < 4.78 is 2.15. The smallest absolute Gasteiger partial charge is 0.321 e. The number of nitrogens with one attached hydrogen (secondary N) is 2. The molecule has 0 radical (unpaired) electrons. The van der Waals surface area contributed by atoms with Gasteiger partial charge in [-0.2, -0.15) is 0 Å². The van der Waals surface area contributed by atoms with Crippen molar-refractivity contribution in [1.29, 1.82) is 0 Å². The lowest BCUT2D eigenvalue weighted by molar-refractivity contribution is -0.117. The van der Waals surface area contributed by atoms with Crippen LogP contribution in [0.15, 0.2) is 22.7 Å². The first-order chi connectivity index (χ1) is 13.0. The zero-order valence-corrected chi connectivity index (χ0v) is 17.2. The van der Waals surface area contributed by atoms with Crippen molar-refractivity contribution in [2.45, 2.75) is 50.7 Å². The molecule has 0 bridgehead atoms. The van der Waals surface area contributed by atoms with Crippen molar-refractivity contribution < 1.29 is 9.59 Å². The molecule has 0 spiro atoms. The largest absolute Gasteiger partial charge is 0.338 e. The normalized spacial score (nSPS) is 13.7. The van der Waals surface area contributed by atoms with Crippen LogP contribution in [0.25, 0.3) is 0 Å². The Labute approximate surface area is 167 Å². The summed E-state index contributed by atoms with van der Waals surface area (Å²) in [5, 5.41) is 16.5. The minimum atomic E-state index is -0.441. The van der Waals surface area contributed by atoms with E-state index < -0.39 is 6.03 Å². The predicted molar refractivity (Wildman–Crippen MR) is 107 cm³/mol. The molecule has 2 aromatic heterocycles. The molecule has 1 saturated carbocycles. The van der Waals surface area contributed by atoms with Gasteiger partial charge in [0.2, 0.25) is 5.91 Å². The van der Waals surface area contributed by atoms with Crippen molar-refractivity contribution in [3.63, 3.8) is 0 Å². The number of carbonyl (C=O) groups is 2. The summed E-state index contributed by atoms with van der Waals surface area (Å²) in [6.45, 7) is 4.74. The number of hydrogen-bond acceptors (Lipinski definition) is 6. The Morgan fingerprint density at radius 2 is 2.19 bits per heavy atom. The number of hydrogen-bond donors (Lipinski definition) is 2. The van der Waals surface area contributed by atoms with Crippen LogP contribution >= 0.6 is 23.1 Å². The summed E-state index contributed by atoms with van der Waals surface area (Å²) in [5.41, 5.74) is 0. The SMILES string of the molecule is CC(C)CCNC(=O)NC(=O)CSc1nnc(Cc2cccs2)n1C1CC1. The highest BCUT2D eigenvalue weighted by Gasteiger charge is 2.30. The highest BCUT2D eigenvalue weighted by Crippen LogP contribution is 2.39. The summed E-state index contributed by atoms with van der Waals surface area (Å²) in [6.07, 6.45) is 3.88. The predicted octanol–water partition coefficient (Wildman–Crippen LogP) is 3.23. The van der Waals surface area contributed by atoms with Crippen LogP contribution in [0.5, 0.6) is 0 Å². The second-order valence-corrected chi connectivity index (χ2v) is 9.01. The number of imide groups is 1. The van der Waals surface area contributed by atoms with Crippen LogP contribution in [0.1, 0.15) is 49.9 Å². The molecular formula is C18H25N5O2S2. The molecule has 0 aromatic carbocycles. The van der Waals surface area contributed by atoms with Gasteiger partial charge in [-0.3, -0.25) is 10.1 Å². The third-order valence-electron chi connectivity index (χ3n) is 4.15.